The lowest BCUT2D eigenvalue weighted by atomic mass is 10.0. The van der Waals surface area contributed by atoms with E-state index in [1.165, 1.54) is 12.1 Å². The molecular formula is C21H27FN4O. The maximum Gasteiger partial charge on any atom is 0.223 e. The predicted molar refractivity (Wildman–Crippen MR) is 102 cm³/mol. The van der Waals surface area contributed by atoms with E-state index in [9.17, 15) is 9.18 Å². The van der Waals surface area contributed by atoms with Crippen LogP contribution in [0.15, 0.2) is 30.3 Å². The number of hydrogen-bond acceptors (Lipinski definition) is 3. The number of amides is 1. The summed E-state index contributed by atoms with van der Waals surface area (Å²) in [6, 6.07) is 8.83. The van der Waals surface area contributed by atoms with Crippen LogP contribution >= 0.6 is 0 Å². The maximum atomic E-state index is 13.1. The number of likely N-dealkylation sites (tertiary alicyclic amines) is 1. The molecule has 2 heterocycles. The Morgan fingerprint density at radius 1 is 1.26 bits per heavy atom. The summed E-state index contributed by atoms with van der Waals surface area (Å²) in [5, 5.41) is 7.80. The summed E-state index contributed by atoms with van der Waals surface area (Å²) in [4.78, 5) is 14.5. The van der Waals surface area contributed by atoms with Crippen LogP contribution in [0.3, 0.4) is 0 Å². The molecule has 0 radical (unpaired) electrons. The van der Waals surface area contributed by atoms with Crippen molar-refractivity contribution >= 4 is 5.91 Å². The number of aryl methyl sites for hydroxylation is 1. The van der Waals surface area contributed by atoms with Gasteiger partial charge in [-0.15, -0.1) is 0 Å². The number of aromatic nitrogens is 2. The van der Waals surface area contributed by atoms with Crippen LogP contribution in [0.2, 0.25) is 0 Å². The first-order valence-corrected chi connectivity index (χ1v) is 9.81. The Balaban J connectivity index is 1.31. The summed E-state index contributed by atoms with van der Waals surface area (Å²) in [5.41, 5.74) is 2.94. The van der Waals surface area contributed by atoms with Crippen molar-refractivity contribution in [3.8, 4) is 11.3 Å². The number of piperidine rings is 1. The normalized spacial score (nSPS) is 23.4. The van der Waals surface area contributed by atoms with Crippen LogP contribution in [0.1, 0.15) is 31.9 Å². The van der Waals surface area contributed by atoms with Crippen molar-refractivity contribution in [2.24, 2.45) is 18.9 Å². The highest BCUT2D eigenvalue weighted by Crippen LogP contribution is 2.37. The average molecular weight is 370 g/mol. The van der Waals surface area contributed by atoms with E-state index >= 15 is 0 Å². The molecule has 2 aromatic rings. The van der Waals surface area contributed by atoms with Gasteiger partial charge in [-0.3, -0.25) is 14.4 Å². The fraction of sp³-hybridized carbons (Fsp3) is 0.524. The lowest BCUT2D eigenvalue weighted by molar-refractivity contribution is -0.123. The zero-order valence-electron chi connectivity index (χ0n) is 16.0. The topological polar surface area (TPSA) is 50.2 Å². The Kier molecular flexibility index (Phi) is 5.00. The van der Waals surface area contributed by atoms with Gasteiger partial charge in [-0.1, -0.05) is 6.92 Å². The molecule has 1 N–H and O–H groups in total. The SMILES string of the molecule is C[C@H]1C[C@H]1C(=O)NC1CCN(Cc2cc(-c3ccc(F)cc3)nn2C)CC1. The summed E-state index contributed by atoms with van der Waals surface area (Å²) in [6.07, 6.45) is 3.03. The first kappa shape index (κ1) is 18.2. The summed E-state index contributed by atoms with van der Waals surface area (Å²) in [7, 11) is 1.95. The highest BCUT2D eigenvalue weighted by molar-refractivity contribution is 5.81. The van der Waals surface area contributed by atoms with Crippen molar-refractivity contribution < 1.29 is 9.18 Å². The highest BCUT2D eigenvalue weighted by Gasteiger charge is 2.39. The van der Waals surface area contributed by atoms with Gasteiger partial charge in [-0.25, -0.2) is 4.39 Å². The molecule has 27 heavy (non-hydrogen) atoms. The summed E-state index contributed by atoms with van der Waals surface area (Å²) in [5.74, 6) is 0.824. The van der Waals surface area contributed by atoms with Crippen molar-refractivity contribution in [3.05, 3.63) is 41.8 Å². The summed E-state index contributed by atoms with van der Waals surface area (Å²) >= 11 is 0. The van der Waals surface area contributed by atoms with Crippen molar-refractivity contribution in [2.45, 2.75) is 38.8 Å². The van der Waals surface area contributed by atoms with E-state index in [2.05, 4.69) is 28.3 Å². The largest absolute Gasteiger partial charge is 0.353 e. The fourth-order valence-corrected chi connectivity index (χ4v) is 3.88. The minimum Gasteiger partial charge on any atom is -0.353 e. The molecule has 1 saturated carbocycles. The van der Waals surface area contributed by atoms with Gasteiger partial charge in [0.15, 0.2) is 0 Å². The fourth-order valence-electron chi connectivity index (χ4n) is 3.88. The van der Waals surface area contributed by atoms with Crippen molar-refractivity contribution in [3.63, 3.8) is 0 Å². The standard InChI is InChI=1S/C21H27FN4O/c1-14-11-19(14)21(27)23-17-7-9-26(10-8-17)13-18-12-20(24-25(18)2)15-3-5-16(22)6-4-15/h3-6,12,14,17,19H,7-11,13H2,1-2H3,(H,23,27)/t14-,19+/m0/s1. The Bertz CT molecular complexity index is 808. The van der Waals surface area contributed by atoms with Gasteiger partial charge in [-0.05, 0) is 55.5 Å². The molecule has 0 unspecified atom stereocenters. The van der Waals surface area contributed by atoms with Gasteiger partial charge in [0.05, 0.1) is 11.4 Å². The lowest BCUT2D eigenvalue weighted by Crippen LogP contribution is -2.45. The number of rotatable bonds is 5. The van der Waals surface area contributed by atoms with E-state index in [1.807, 2.05) is 11.7 Å². The highest BCUT2D eigenvalue weighted by atomic mass is 19.1. The molecule has 2 atom stereocenters. The Morgan fingerprint density at radius 2 is 1.93 bits per heavy atom. The van der Waals surface area contributed by atoms with Crippen LogP contribution in [0.5, 0.6) is 0 Å². The minimum atomic E-state index is -0.235. The van der Waals surface area contributed by atoms with Crippen molar-refractivity contribution in [1.29, 1.82) is 0 Å². The lowest BCUT2D eigenvalue weighted by Gasteiger charge is -2.32. The number of benzene rings is 1. The third kappa shape index (κ3) is 4.21. The van der Waals surface area contributed by atoms with Crippen LogP contribution in [0.25, 0.3) is 11.3 Å². The molecule has 2 aliphatic rings. The van der Waals surface area contributed by atoms with Gasteiger partial charge in [0.1, 0.15) is 5.82 Å². The van der Waals surface area contributed by atoms with E-state index in [-0.39, 0.29) is 17.6 Å². The number of carbonyl (C=O) groups is 1. The smallest absolute Gasteiger partial charge is 0.223 e. The molecule has 1 aliphatic carbocycles. The Hall–Kier alpha value is -2.21. The molecule has 1 aromatic carbocycles. The number of nitrogens with one attached hydrogen (secondary N) is 1. The van der Waals surface area contributed by atoms with Gasteiger partial charge in [0, 0.05) is 44.2 Å². The first-order valence-electron chi connectivity index (χ1n) is 9.81. The molecule has 1 saturated heterocycles. The Morgan fingerprint density at radius 3 is 2.56 bits per heavy atom. The molecule has 144 valence electrons. The number of nitrogens with zero attached hydrogens (tertiary/aromatic N) is 3. The summed E-state index contributed by atoms with van der Waals surface area (Å²) < 4.78 is 15.0. The maximum absolute atomic E-state index is 13.1. The van der Waals surface area contributed by atoms with Gasteiger partial charge in [0.2, 0.25) is 5.91 Å². The van der Waals surface area contributed by atoms with E-state index in [1.54, 1.807) is 12.1 Å². The van der Waals surface area contributed by atoms with E-state index in [4.69, 9.17) is 0 Å². The van der Waals surface area contributed by atoms with Gasteiger partial charge >= 0.3 is 0 Å². The molecule has 1 amide bonds. The molecule has 2 fully saturated rings. The minimum absolute atomic E-state index is 0.235. The second-order valence-corrected chi connectivity index (χ2v) is 8.03. The molecule has 1 aliphatic heterocycles. The first-order chi connectivity index (χ1) is 13.0. The van der Waals surface area contributed by atoms with Crippen LogP contribution in [0.4, 0.5) is 4.39 Å². The number of hydrogen-bond donors (Lipinski definition) is 1. The van der Waals surface area contributed by atoms with Crippen LogP contribution in [0, 0.1) is 17.7 Å². The zero-order valence-corrected chi connectivity index (χ0v) is 16.0. The third-order valence-electron chi connectivity index (χ3n) is 5.88. The quantitative estimate of drug-likeness (QED) is 0.880. The molecule has 1 aromatic heterocycles. The third-order valence-corrected chi connectivity index (χ3v) is 5.88. The van der Waals surface area contributed by atoms with E-state index in [0.29, 0.717) is 12.0 Å². The predicted octanol–water partition coefficient (Wildman–Crippen LogP) is 2.96. The van der Waals surface area contributed by atoms with E-state index < -0.39 is 0 Å². The van der Waals surface area contributed by atoms with Gasteiger partial charge in [-0.2, -0.15) is 5.10 Å². The Labute approximate surface area is 159 Å². The second-order valence-electron chi connectivity index (χ2n) is 8.03. The van der Waals surface area contributed by atoms with Crippen LogP contribution in [-0.4, -0.2) is 39.7 Å². The molecule has 0 bridgehead atoms. The van der Waals surface area contributed by atoms with Crippen LogP contribution < -0.4 is 5.32 Å². The average Bonchev–Trinajstić information content (AvgIpc) is 3.28. The zero-order chi connectivity index (χ0) is 19.0. The number of carbonyl (C=O) groups excluding carboxylic acids is 1. The van der Waals surface area contributed by atoms with E-state index in [0.717, 1.165) is 55.8 Å². The molecular weight excluding hydrogens is 343 g/mol. The summed E-state index contributed by atoms with van der Waals surface area (Å²) in [6.45, 7) is 4.93. The van der Waals surface area contributed by atoms with Gasteiger partial charge < -0.3 is 5.32 Å². The second kappa shape index (κ2) is 7.43. The number of halogens is 1. The van der Waals surface area contributed by atoms with Crippen molar-refractivity contribution in [2.75, 3.05) is 13.1 Å². The molecule has 0 spiro atoms. The monoisotopic (exact) mass is 370 g/mol. The molecule has 5 nitrogen and oxygen atoms in total. The molecule has 4 rings (SSSR count). The van der Waals surface area contributed by atoms with Gasteiger partial charge in [0.25, 0.3) is 0 Å². The van der Waals surface area contributed by atoms with Crippen molar-refractivity contribution in [1.82, 2.24) is 20.0 Å². The van der Waals surface area contributed by atoms with Crippen LogP contribution in [-0.2, 0) is 18.4 Å². The molecule has 6 heteroatoms.